The molecule has 0 saturated carbocycles. The zero-order chi connectivity index (χ0) is 16.8. The lowest BCUT2D eigenvalue weighted by molar-refractivity contribution is -0.124. The van der Waals surface area contributed by atoms with Gasteiger partial charge in [0, 0.05) is 32.2 Å². The van der Waals surface area contributed by atoms with Crippen molar-refractivity contribution in [2.75, 3.05) is 32.7 Å². The molecule has 2 aliphatic rings. The molecule has 1 amide bonds. The summed E-state index contributed by atoms with van der Waals surface area (Å²) in [7, 11) is 0. The summed E-state index contributed by atoms with van der Waals surface area (Å²) < 4.78 is 0. The summed E-state index contributed by atoms with van der Waals surface area (Å²) in [6.07, 6.45) is 3.60. The zero-order valence-corrected chi connectivity index (χ0v) is 14.4. The minimum absolute atomic E-state index is 0.102. The summed E-state index contributed by atoms with van der Waals surface area (Å²) in [5.74, 6) is 0.102. The van der Waals surface area contributed by atoms with Crippen molar-refractivity contribution >= 4 is 5.91 Å². The number of aliphatic hydroxyl groups is 1. The zero-order valence-electron chi connectivity index (χ0n) is 14.4. The first-order valence-electron chi connectivity index (χ1n) is 9.15. The highest BCUT2D eigenvalue weighted by atomic mass is 16.3. The number of likely N-dealkylation sites (tertiary alicyclic amines) is 2. The molecule has 1 aromatic carbocycles. The van der Waals surface area contributed by atoms with Gasteiger partial charge in [-0.25, -0.2) is 0 Å². The van der Waals surface area contributed by atoms with E-state index in [-0.39, 0.29) is 12.0 Å². The van der Waals surface area contributed by atoms with Crippen LogP contribution >= 0.6 is 0 Å². The molecule has 2 fully saturated rings. The Hall–Kier alpha value is -1.43. The topological polar surface area (TPSA) is 55.8 Å². The minimum Gasteiger partial charge on any atom is -0.392 e. The maximum Gasteiger partial charge on any atom is 0.234 e. The van der Waals surface area contributed by atoms with Gasteiger partial charge < -0.3 is 10.4 Å². The third-order valence-electron chi connectivity index (χ3n) is 5.05. The van der Waals surface area contributed by atoms with E-state index in [0.29, 0.717) is 19.1 Å². The predicted molar refractivity (Wildman–Crippen MR) is 94.6 cm³/mol. The molecular formula is C19H29N3O2. The van der Waals surface area contributed by atoms with Crippen molar-refractivity contribution in [1.82, 2.24) is 15.1 Å². The van der Waals surface area contributed by atoms with E-state index in [1.165, 1.54) is 5.56 Å². The Morgan fingerprint density at radius 3 is 2.54 bits per heavy atom. The lowest BCUT2D eigenvalue weighted by Gasteiger charge is -2.33. The Morgan fingerprint density at radius 2 is 1.83 bits per heavy atom. The lowest BCUT2D eigenvalue weighted by atomic mass is 10.0. The summed E-state index contributed by atoms with van der Waals surface area (Å²) in [4.78, 5) is 16.7. The van der Waals surface area contributed by atoms with Crippen LogP contribution in [0.3, 0.4) is 0 Å². The Labute approximate surface area is 144 Å². The molecule has 0 bridgehead atoms. The van der Waals surface area contributed by atoms with Crippen molar-refractivity contribution in [2.24, 2.45) is 0 Å². The van der Waals surface area contributed by atoms with Crippen molar-refractivity contribution in [1.29, 1.82) is 0 Å². The third kappa shape index (κ3) is 5.30. The molecule has 1 atom stereocenters. The number of piperidine rings is 2. The molecule has 2 N–H and O–H groups in total. The van der Waals surface area contributed by atoms with Crippen LogP contribution in [0.1, 0.15) is 31.2 Å². The highest BCUT2D eigenvalue weighted by Gasteiger charge is 2.23. The summed E-state index contributed by atoms with van der Waals surface area (Å²) in [6, 6.07) is 10.8. The van der Waals surface area contributed by atoms with Crippen molar-refractivity contribution in [3.8, 4) is 0 Å². The van der Waals surface area contributed by atoms with Crippen LogP contribution in [0.2, 0.25) is 0 Å². The Bertz CT molecular complexity index is 515. The average Bonchev–Trinajstić information content (AvgIpc) is 2.57. The van der Waals surface area contributed by atoms with Crippen molar-refractivity contribution in [2.45, 2.75) is 44.4 Å². The standard InChI is InChI=1S/C19H29N3O2/c23-18-7-4-10-22(14-18)15-19(24)20-17-8-11-21(12-9-17)13-16-5-2-1-3-6-16/h1-3,5-6,17-18,23H,4,7-15H2,(H,20,24)/t18-/m0/s1. The number of carbonyl (C=O) groups is 1. The number of benzene rings is 1. The molecular weight excluding hydrogens is 302 g/mol. The molecule has 0 aliphatic carbocycles. The van der Waals surface area contributed by atoms with Crippen molar-refractivity contribution in [3.63, 3.8) is 0 Å². The first kappa shape index (κ1) is 17.4. The van der Waals surface area contributed by atoms with Gasteiger partial charge in [-0.05, 0) is 37.8 Å². The van der Waals surface area contributed by atoms with Crippen LogP contribution in [0.25, 0.3) is 0 Å². The fourth-order valence-corrected chi connectivity index (χ4v) is 3.73. The fourth-order valence-electron chi connectivity index (χ4n) is 3.73. The van der Waals surface area contributed by atoms with E-state index in [0.717, 1.165) is 51.9 Å². The van der Waals surface area contributed by atoms with Gasteiger partial charge >= 0.3 is 0 Å². The van der Waals surface area contributed by atoms with Gasteiger partial charge in [0.2, 0.25) is 5.91 Å². The number of rotatable bonds is 5. The normalized spacial score (nSPS) is 24.0. The van der Waals surface area contributed by atoms with Gasteiger partial charge in [-0.15, -0.1) is 0 Å². The summed E-state index contributed by atoms with van der Waals surface area (Å²) in [5.41, 5.74) is 1.35. The van der Waals surface area contributed by atoms with Crippen LogP contribution in [0.15, 0.2) is 30.3 Å². The van der Waals surface area contributed by atoms with E-state index >= 15 is 0 Å². The molecule has 24 heavy (non-hydrogen) atoms. The number of hydrogen-bond donors (Lipinski definition) is 2. The van der Waals surface area contributed by atoms with Crippen molar-refractivity contribution in [3.05, 3.63) is 35.9 Å². The second-order valence-corrected chi connectivity index (χ2v) is 7.13. The minimum atomic E-state index is -0.271. The molecule has 0 spiro atoms. The van der Waals surface area contributed by atoms with Crippen LogP contribution in [0.4, 0.5) is 0 Å². The Balaban J connectivity index is 1.36. The number of β-amino-alcohol motifs (C(OH)–C–C–N with tert-alkyl or cyclic N) is 1. The summed E-state index contributed by atoms with van der Waals surface area (Å²) in [5, 5.41) is 12.9. The number of carbonyl (C=O) groups excluding carboxylic acids is 1. The number of nitrogens with zero attached hydrogens (tertiary/aromatic N) is 2. The maximum absolute atomic E-state index is 12.2. The lowest BCUT2D eigenvalue weighted by Crippen LogP contribution is -2.49. The van der Waals surface area contributed by atoms with Gasteiger partial charge in [-0.1, -0.05) is 30.3 Å². The molecule has 2 heterocycles. The number of amides is 1. The molecule has 0 aromatic heterocycles. The molecule has 2 saturated heterocycles. The van der Waals surface area contributed by atoms with E-state index in [9.17, 15) is 9.90 Å². The first-order valence-corrected chi connectivity index (χ1v) is 9.15. The molecule has 5 heteroatoms. The van der Waals surface area contributed by atoms with Gasteiger partial charge in [-0.3, -0.25) is 14.6 Å². The number of hydrogen-bond acceptors (Lipinski definition) is 4. The maximum atomic E-state index is 12.2. The van der Waals surface area contributed by atoms with Gasteiger partial charge in [-0.2, -0.15) is 0 Å². The van der Waals surface area contributed by atoms with Crippen LogP contribution < -0.4 is 5.32 Å². The highest BCUT2D eigenvalue weighted by Crippen LogP contribution is 2.14. The number of nitrogens with one attached hydrogen (secondary N) is 1. The summed E-state index contributed by atoms with van der Waals surface area (Å²) >= 11 is 0. The highest BCUT2D eigenvalue weighted by molar-refractivity contribution is 5.78. The van der Waals surface area contributed by atoms with Crippen LogP contribution in [0.5, 0.6) is 0 Å². The molecule has 1 aromatic rings. The largest absolute Gasteiger partial charge is 0.392 e. The van der Waals surface area contributed by atoms with E-state index < -0.39 is 0 Å². The quantitative estimate of drug-likeness (QED) is 0.852. The van der Waals surface area contributed by atoms with Crippen LogP contribution in [-0.4, -0.2) is 65.7 Å². The van der Waals surface area contributed by atoms with E-state index in [2.05, 4.69) is 39.4 Å². The van der Waals surface area contributed by atoms with Crippen molar-refractivity contribution < 1.29 is 9.90 Å². The molecule has 5 nitrogen and oxygen atoms in total. The second-order valence-electron chi connectivity index (χ2n) is 7.13. The molecule has 3 rings (SSSR count). The Kier molecular flexibility index (Phi) is 6.24. The Morgan fingerprint density at radius 1 is 1.08 bits per heavy atom. The van der Waals surface area contributed by atoms with Gasteiger partial charge in [0.15, 0.2) is 0 Å². The number of aliphatic hydroxyl groups excluding tert-OH is 1. The first-order chi connectivity index (χ1) is 11.7. The molecule has 0 radical (unpaired) electrons. The van der Waals surface area contributed by atoms with Gasteiger partial charge in [0.05, 0.1) is 12.6 Å². The molecule has 2 aliphatic heterocycles. The third-order valence-corrected chi connectivity index (χ3v) is 5.05. The van der Waals surface area contributed by atoms with E-state index in [4.69, 9.17) is 0 Å². The summed E-state index contributed by atoms with van der Waals surface area (Å²) in [6.45, 7) is 5.02. The predicted octanol–water partition coefficient (Wildman–Crippen LogP) is 1.22. The van der Waals surface area contributed by atoms with Gasteiger partial charge in [0.1, 0.15) is 0 Å². The van der Waals surface area contributed by atoms with Crippen LogP contribution in [-0.2, 0) is 11.3 Å². The van der Waals surface area contributed by atoms with E-state index in [1.807, 2.05) is 6.07 Å². The van der Waals surface area contributed by atoms with E-state index in [1.54, 1.807) is 0 Å². The monoisotopic (exact) mass is 331 g/mol. The SMILES string of the molecule is O=C(CN1CCC[C@H](O)C1)NC1CCN(Cc2ccccc2)CC1. The van der Waals surface area contributed by atoms with Gasteiger partial charge in [0.25, 0.3) is 0 Å². The smallest absolute Gasteiger partial charge is 0.234 e. The molecule has 132 valence electrons. The molecule has 0 unspecified atom stereocenters. The van der Waals surface area contributed by atoms with Crippen LogP contribution in [0, 0.1) is 0 Å². The second kappa shape index (κ2) is 8.60. The average molecular weight is 331 g/mol. The fraction of sp³-hybridized carbons (Fsp3) is 0.632.